The summed E-state index contributed by atoms with van der Waals surface area (Å²) in [5.74, 6) is 0.238. The number of rotatable bonds is 3. The molecule has 0 aromatic heterocycles. The van der Waals surface area contributed by atoms with Crippen LogP contribution in [0.1, 0.15) is 31.0 Å². The zero-order valence-electron chi connectivity index (χ0n) is 13.1. The van der Waals surface area contributed by atoms with Crippen LogP contribution in [0, 0.1) is 5.82 Å². The van der Waals surface area contributed by atoms with Gasteiger partial charge in [-0.3, -0.25) is 4.79 Å². The molecule has 1 heterocycles. The fourth-order valence-electron chi connectivity index (χ4n) is 2.64. The van der Waals surface area contributed by atoms with E-state index in [0.717, 1.165) is 11.1 Å². The van der Waals surface area contributed by atoms with E-state index in [1.54, 1.807) is 24.0 Å². The van der Waals surface area contributed by atoms with Crippen molar-refractivity contribution in [3.05, 3.63) is 59.4 Å². The van der Waals surface area contributed by atoms with Crippen LogP contribution in [0.4, 0.5) is 10.1 Å². The molecular weight excluding hydrogens is 295 g/mol. The lowest BCUT2D eigenvalue weighted by atomic mass is 10.0. The van der Waals surface area contributed by atoms with Crippen molar-refractivity contribution >= 4 is 11.6 Å². The Morgan fingerprint density at radius 3 is 2.61 bits per heavy atom. The molecule has 2 aromatic carbocycles. The zero-order valence-corrected chi connectivity index (χ0v) is 13.1. The van der Waals surface area contributed by atoms with Crippen LogP contribution in [-0.2, 0) is 11.3 Å². The Bertz CT molecular complexity index is 728. The second-order valence-corrected chi connectivity index (χ2v) is 5.83. The van der Waals surface area contributed by atoms with Gasteiger partial charge >= 0.3 is 0 Å². The second-order valence-electron chi connectivity index (χ2n) is 5.83. The molecule has 4 nitrogen and oxygen atoms in total. The van der Waals surface area contributed by atoms with E-state index in [9.17, 15) is 9.18 Å². The van der Waals surface area contributed by atoms with Crippen LogP contribution >= 0.6 is 0 Å². The Morgan fingerprint density at radius 2 is 1.96 bits per heavy atom. The molecule has 0 saturated heterocycles. The van der Waals surface area contributed by atoms with Gasteiger partial charge in [-0.25, -0.2) is 4.39 Å². The summed E-state index contributed by atoms with van der Waals surface area (Å²) in [6, 6.07) is 11.6. The molecule has 2 unspecified atom stereocenters. The third kappa shape index (κ3) is 3.05. The summed E-state index contributed by atoms with van der Waals surface area (Å²) >= 11 is 0. The van der Waals surface area contributed by atoms with Gasteiger partial charge in [-0.15, -0.1) is 0 Å². The molecule has 3 rings (SSSR count). The van der Waals surface area contributed by atoms with Gasteiger partial charge in [0.15, 0.2) is 6.10 Å². The highest BCUT2D eigenvalue weighted by atomic mass is 19.1. The number of ether oxygens (including phenoxy) is 1. The molecule has 0 bridgehead atoms. The van der Waals surface area contributed by atoms with E-state index in [1.807, 2.05) is 25.1 Å². The number of amides is 1. The molecule has 1 aliphatic rings. The maximum absolute atomic E-state index is 13.1. The fourth-order valence-corrected chi connectivity index (χ4v) is 2.64. The Morgan fingerprint density at radius 1 is 1.26 bits per heavy atom. The average molecular weight is 314 g/mol. The largest absolute Gasteiger partial charge is 0.479 e. The number of hydrogen-bond acceptors (Lipinski definition) is 3. The molecule has 23 heavy (non-hydrogen) atoms. The Kier molecular flexibility index (Phi) is 4.05. The number of benzene rings is 2. The van der Waals surface area contributed by atoms with Gasteiger partial charge in [0.05, 0.1) is 12.2 Å². The summed E-state index contributed by atoms with van der Waals surface area (Å²) in [6.07, 6.45) is -0.552. The van der Waals surface area contributed by atoms with Crippen molar-refractivity contribution in [2.24, 2.45) is 5.73 Å². The highest BCUT2D eigenvalue weighted by Crippen LogP contribution is 2.36. The van der Waals surface area contributed by atoms with E-state index in [-0.39, 0.29) is 17.8 Å². The molecule has 5 heteroatoms. The molecule has 0 fully saturated rings. The van der Waals surface area contributed by atoms with Crippen LogP contribution in [-0.4, -0.2) is 12.0 Å². The topological polar surface area (TPSA) is 55.6 Å². The normalized spacial score (nSPS) is 18.3. The minimum absolute atomic E-state index is 0.122. The SMILES string of the molecule is CC1Oc2ccc(C(C)N)cc2N(Cc2ccc(F)cc2)C1=O. The first kappa shape index (κ1) is 15.5. The van der Waals surface area contributed by atoms with E-state index in [0.29, 0.717) is 18.0 Å². The number of hydrogen-bond donors (Lipinski definition) is 1. The van der Waals surface area contributed by atoms with Crippen LogP contribution < -0.4 is 15.4 Å². The van der Waals surface area contributed by atoms with Crippen LogP contribution in [0.15, 0.2) is 42.5 Å². The van der Waals surface area contributed by atoms with Gasteiger partial charge in [0, 0.05) is 6.04 Å². The highest BCUT2D eigenvalue weighted by molar-refractivity contribution is 5.99. The molecular formula is C18H19FN2O2. The van der Waals surface area contributed by atoms with E-state index in [1.165, 1.54) is 12.1 Å². The smallest absolute Gasteiger partial charge is 0.268 e. The van der Waals surface area contributed by atoms with Crippen LogP contribution in [0.5, 0.6) is 5.75 Å². The molecule has 1 aliphatic heterocycles. The predicted octanol–water partition coefficient (Wildman–Crippen LogP) is 3.16. The number of nitrogens with two attached hydrogens (primary N) is 1. The first-order valence-corrected chi connectivity index (χ1v) is 7.57. The van der Waals surface area contributed by atoms with Gasteiger partial charge in [0.25, 0.3) is 5.91 Å². The number of halogens is 1. The molecule has 120 valence electrons. The van der Waals surface area contributed by atoms with Crippen molar-refractivity contribution in [1.82, 2.24) is 0 Å². The van der Waals surface area contributed by atoms with Gasteiger partial charge < -0.3 is 15.4 Å². The van der Waals surface area contributed by atoms with Crippen LogP contribution in [0.3, 0.4) is 0 Å². The van der Waals surface area contributed by atoms with Gasteiger partial charge in [-0.2, -0.15) is 0 Å². The number of fused-ring (bicyclic) bond motifs is 1. The Balaban J connectivity index is 1.99. The lowest BCUT2D eigenvalue weighted by Crippen LogP contribution is -2.44. The van der Waals surface area contributed by atoms with E-state index < -0.39 is 6.10 Å². The van der Waals surface area contributed by atoms with E-state index in [4.69, 9.17) is 10.5 Å². The third-order valence-corrected chi connectivity index (χ3v) is 3.97. The summed E-state index contributed by atoms with van der Waals surface area (Å²) in [5.41, 5.74) is 8.42. The molecule has 0 aliphatic carbocycles. The van der Waals surface area contributed by atoms with Crippen molar-refractivity contribution in [3.8, 4) is 5.75 Å². The molecule has 0 saturated carbocycles. The second kappa shape index (κ2) is 6.01. The predicted molar refractivity (Wildman–Crippen MR) is 86.7 cm³/mol. The summed E-state index contributed by atoms with van der Waals surface area (Å²) in [4.78, 5) is 14.2. The number of anilines is 1. The van der Waals surface area contributed by atoms with Crippen molar-refractivity contribution in [3.63, 3.8) is 0 Å². The van der Waals surface area contributed by atoms with Crippen molar-refractivity contribution in [2.75, 3.05) is 4.90 Å². The molecule has 0 spiro atoms. The van der Waals surface area contributed by atoms with Crippen molar-refractivity contribution in [1.29, 1.82) is 0 Å². The van der Waals surface area contributed by atoms with E-state index in [2.05, 4.69) is 0 Å². The first-order chi connectivity index (χ1) is 11.0. The summed E-state index contributed by atoms with van der Waals surface area (Å²) in [6.45, 7) is 3.98. The first-order valence-electron chi connectivity index (χ1n) is 7.57. The summed E-state index contributed by atoms with van der Waals surface area (Å²) in [5, 5.41) is 0. The zero-order chi connectivity index (χ0) is 16.6. The van der Waals surface area contributed by atoms with Gasteiger partial charge in [0.1, 0.15) is 11.6 Å². The number of carbonyl (C=O) groups is 1. The third-order valence-electron chi connectivity index (χ3n) is 3.97. The van der Waals surface area contributed by atoms with Crippen LogP contribution in [0.25, 0.3) is 0 Å². The molecule has 2 aromatic rings. The standard InChI is InChI=1S/C18H19FN2O2/c1-11(20)14-5-8-17-16(9-14)21(18(22)12(2)23-17)10-13-3-6-15(19)7-4-13/h3-9,11-12H,10,20H2,1-2H3. The van der Waals surface area contributed by atoms with E-state index >= 15 is 0 Å². The summed E-state index contributed by atoms with van der Waals surface area (Å²) in [7, 11) is 0. The molecule has 2 N–H and O–H groups in total. The molecule has 2 atom stereocenters. The lowest BCUT2D eigenvalue weighted by Gasteiger charge is -2.33. The Labute approximate surface area is 134 Å². The van der Waals surface area contributed by atoms with Gasteiger partial charge in [0.2, 0.25) is 0 Å². The molecule has 1 amide bonds. The average Bonchev–Trinajstić information content (AvgIpc) is 2.53. The maximum Gasteiger partial charge on any atom is 0.268 e. The minimum atomic E-state index is -0.552. The minimum Gasteiger partial charge on any atom is -0.479 e. The summed E-state index contributed by atoms with van der Waals surface area (Å²) < 4.78 is 18.7. The number of nitrogens with zero attached hydrogens (tertiary/aromatic N) is 1. The Hall–Kier alpha value is -2.40. The quantitative estimate of drug-likeness (QED) is 0.947. The van der Waals surface area contributed by atoms with Crippen molar-refractivity contribution < 1.29 is 13.9 Å². The number of carbonyl (C=O) groups excluding carboxylic acids is 1. The van der Waals surface area contributed by atoms with Gasteiger partial charge in [-0.1, -0.05) is 18.2 Å². The molecule has 0 radical (unpaired) electrons. The van der Waals surface area contributed by atoms with Crippen LogP contribution in [0.2, 0.25) is 0 Å². The monoisotopic (exact) mass is 314 g/mol. The fraction of sp³-hybridized carbons (Fsp3) is 0.278. The maximum atomic E-state index is 13.1. The van der Waals surface area contributed by atoms with Crippen molar-refractivity contribution in [2.45, 2.75) is 32.5 Å². The highest BCUT2D eigenvalue weighted by Gasteiger charge is 2.31. The lowest BCUT2D eigenvalue weighted by molar-refractivity contribution is -0.125. The van der Waals surface area contributed by atoms with Gasteiger partial charge in [-0.05, 0) is 49.2 Å².